The summed E-state index contributed by atoms with van der Waals surface area (Å²) in [6, 6.07) is 20.5. The van der Waals surface area contributed by atoms with Gasteiger partial charge >= 0.3 is 5.97 Å². The molecule has 6 rings (SSSR count). The molecule has 1 aliphatic heterocycles. The van der Waals surface area contributed by atoms with Crippen LogP contribution in [0.3, 0.4) is 0 Å². The summed E-state index contributed by atoms with van der Waals surface area (Å²) in [4.78, 5) is 17.1. The first-order chi connectivity index (χ1) is 22.1. The van der Waals surface area contributed by atoms with E-state index in [4.69, 9.17) is 19.9 Å². The number of rotatable bonds is 10. The van der Waals surface area contributed by atoms with E-state index in [1.807, 2.05) is 31.2 Å². The van der Waals surface area contributed by atoms with Gasteiger partial charge in [0.15, 0.2) is 0 Å². The molecule has 10 heteroatoms. The highest BCUT2D eigenvalue weighted by atomic mass is 32.2. The minimum Gasteiger partial charge on any atom is -0.485 e. The molecule has 46 heavy (non-hydrogen) atoms. The first-order valence-corrected chi connectivity index (χ1v) is 17.6. The van der Waals surface area contributed by atoms with Gasteiger partial charge < -0.3 is 19.9 Å². The minimum absolute atomic E-state index is 0.107. The molecule has 1 aliphatic carbocycles. The molecule has 1 saturated heterocycles. The lowest BCUT2D eigenvalue weighted by molar-refractivity contribution is -0.143. The molecule has 2 aliphatic rings. The van der Waals surface area contributed by atoms with Crippen LogP contribution in [0.4, 0.5) is 5.82 Å². The van der Waals surface area contributed by atoms with Gasteiger partial charge in [0.25, 0.3) is 0 Å². The lowest BCUT2D eigenvalue weighted by Crippen LogP contribution is -2.44. The summed E-state index contributed by atoms with van der Waals surface area (Å²) >= 11 is 0. The first-order valence-electron chi connectivity index (χ1n) is 15.7. The number of nitrogens with zero attached hydrogens (tertiary/aromatic N) is 2. The van der Waals surface area contributed by atoms with Crippen molar-refractivity contribution in [3.63, 3.8) is 0 Å². The van der Waals surface area contributed by atoms with Crippen molar-refractivity contribution in [2.75, 3.05) is 45.4 Å². The number of anilines is 1. The second-order valence-corrected chi connectivity index (χ2v) is 14.5. The predicted molar refractivity (Wildman–Crippen MR) is 179 cm³/mol. The number of methoxy groups -OCH3 is 1. The van der Waals surface area contributed by atoms with Gasteiger partial charge in [-0.15, -0.1) is 0 Å². The van der Waals surface area contributed by atoms with Crippen molar-refractivity contribution < 1.29 is 27.4 Å². The largest absolute Gasteiger partial charge is 0.485 e. The number of nitrogen functional groups attached to an aromatic ring is 1. The van der Waals surface area contributed by atoms with Crippen LogP contribution in [0.2, 0.25) is 0 Å². The number of pyridine rings is 1. The van der Waals surface area contributed by atoms with Crippen molar-refractivity contribution in [3.05, 3.63) is 89.1 Å². The summed E-state index contributed by atoms with van der Waals surface area (Å²) in [7, 11) is -1.65. The van der Waals surface area contributed by atoms with Gasteiger partial charge in [-0.2, -0.15) is 0 Å². The number of esters is 1. The Hall–Kier alpha value is -3.99. The molecule has 0 bridgehead atoms. The molecule has 1 spiro atoms. The molecule has 1 unspecified atom stereocenters. The minimum atomic E-state index is -3.27. The van der Waals surface area contributed by atoms with Crippen molar-refractivity contribution in [2.24, 2.45) is 0 Å². The van der Waals surface area contributed by atoms with Crippen LogP contribution in [0.1, 0.15) is 54.0 Å². The fourth-order valence-electron chi connectivity index (χ4n) is 7.01. The van der Waals surface area contributed by atoms with E-state index in [9.17, 15) is 13.2 Å². The smallest absolute Gasteiger partial charge is 0.310 e. The molecule has 1 aromatic heterocycles. The zero-order chi connectivity index (χ0) is 32.5. The van der Waals surface area contributed by atoms with Crippen molar-refractivity contribution in [3.8, 4) is 16.9 Å². The Morgan fingerprint density at radius 1 is 1.04 bits per heavy atom. The zero-order valence-electron chi connectivity index (χ0n) is 26.6. The molecule has 9 nitrogen and oxygen atoms in total. The van der Waals surface area contributed by atoms with Crippen LogP contribution in [0, 0.1) is 6.92 Å². The normalized spacial score (nSPS) is 17.7. The maximum absolute atomic E-state index is 12.8. The van der Waals surface area contributed by atoms with Gasteiger partial charge in [-0.3, -0.25) is 4.79 Å². The number of aromatic nitrogens is 1. The van der Waals surface area contributed by atoms with Gasteiger partial charge in [-0.25, -0.2) is 17.7 Å². The van der Waals surface area contributed by atoms with E-state index in [2.05, 4.69) is 41.4 Å². The fourth-order valence-corrected chi connectivity index (χ4v) is 7.86. The van der Waals surface area contributed by atoms with Gasteiger partial charge in [0.05, 0.1) is 19.3 Å². The Kier molecular flexibility index (Phi) is 9.05. The highest BCUT2D eigenvalue weighted by molar-refractivity contribution is 7.88. The van der Waals surface area contributed by atoms with Crippen LogP contribution in [0.25, 0.3) is 21.9 Å². The van der Waals surface area contributed by atoms with Crippen molar-refractivity contribution in [2.45, 2.75) is 50.5 Å². The van der Waals surface area contributed by atoms with Crippen molar-refractivity contribution >= 4 is 32.6 Å². The average Bonchev–Trinajstić information content (AvgIpc) is 3.32. The van der Waals surface area contributed by atoms with E-state index >= 15 is 0 Å². The number of hydrogen-bond acceptors (Lipinski definition) is 8. The van der Waals surface area contributed by atoms with Crippen LogP contribution < -0.4 is 10.5 Å². The molecule has 1 fully saturated rings. The highest BCUT2D eigenvalue weighted by Gasteiger charge is 2.47. The summed E-state index contributed by atoms with van der Waals surface area (Å²) in [5, 5.41) is 1.93. The number of piperidine rings is 1. The number of benzene rings is 3. The Morgan fingerprint density at radius 2 is 1.80 bits per heavy atom. The van der Waals surface area contributed by atoms with Crippen LogP contribution in [0.5, 0.6) is 5.75 Å². The molecule has 242 valence electrons. The Labute approximate surface area is 270 Å². The predicted octanol–water partition coefficient (Wildman–Crippen LogP) is 5.73. The lowest BCUT2D eigenvalue weighted by Gasteiger charge is -2.39. The maximum Gasteiger partial charge on any atom is 0.310 e. The van der Waals surface area contributed by atoms with Crippen LogP contribution >= 0.6 is 0 Å². The molecule has 0 radical (unpaired) electrons. The standard InChI is InChI=1S/C36H41N3O6S/c1-24-6-4-7-32(28(24)22-34(40)44-19-5-18-43-2)45-33-23-36(13-16-39(17-14-36)46(3,41)42)31-11-10-27(21-30(31)33)26-9-8-25-12-15-38-35(37)29(25)20-26/h4,6-12,15,20-21,33H,5,13-14,16-19,22-23H2,1-3H3,(H2,37,38). The van der Waals surface area contributed by atoms with Gasteiger partial charge in [0, 0.05) is 55.8 Å². The van der Waals surface area contributed by atoms with E-state index in [1.54, 1.807) is 17.6 Å². The Morgan fingerprint density at radius 3 is 2.57 bits per heavy atom. The molecule has 3 aromatic carbocycles. The summed E-state index contributed by atoms with van der Waals surface area (Å²) in [6.45, 7) is 3.74. The zero-order valence-corrected chi connectivity index (χ0v) is 27.4. The number of nitrogens with two attached hydrogens (primary N) is 1. The second-order valence-electron chi connectivity index (χ2n) is 12.5. The number of aryl methyl sites for hydroxylation is 1. The van der Waals surface area contributed by atoms with Gasteiger partial charge in [0.2, 0.25) is 10.0 Å². The van der Waals surface area contributed by atoms with Gasteiger partial charge in [-0.1, -0.05) is 36.4 Å². The summed E-state index contributed by atoms with van der Waals surface area (Å²) in [5.74, 6) is 0.840. The lowest BCUT2D eigenvalue weighted by atomic mass is 9.74. The van der Waals surface area contributed by atoms with E-state index in [1.165, 1.54) is 11.8 Å². The number of carbonyl (C=O) groups is 1. The van der Waals surface area contributed by atoms with Crippen molar-refractivity contribution in [1.29, 1.82) is 0 Å². The summed E-state index contributed by atoms with van der Waals surface area (Å²) in [6.07, 6.45) is 5.58. The van der Waals surface area contributed by atoms with E-state index < -0.39 is 10.0 Å². The highest BCUT2D eigenvalue weighted by Crippen LogP contribution is 2.53. The van der Waals surface area contributed by atoms with Gasteiger partial charge in [-0.05, 0) is 83.7 Å². The van der Waals surface area contributed by atoms with Crippen LogP contribution in [-0.4, -0.2) is 63.3 Å². The van der Waals surface area contributed by atoms with Crippen molar-refractivity contribution in [1.82, 2.24) is 9.29 Å². The molecule has 4 aromatic rings. The van der Waals surface area contributed by atoms with E-state index in [-0.39, 0.29) is 23.9 Å². The molecule has 2 heterocycles. The number of ether oxygens (including phenoxy) is 3. The third kappa shape index (κ3) is 6.47. The Balaban J connectivity index is 1.35. The maximum atomic E-state index is 12.8. The van der Waals surface area contributed by atoms with Crippen LogP contribution in [-0.2, 0) is 36.1 Å². The topological polar surface area (TPSA) is 121 Å². The second kappa shape index (κ2) is 13.0. The first kappa shape index (κ1) is 32.0. The number of hydrogen-bond donors (Lipinski definition) is 1. The van der Waals surface area contributed by atoms with E-state index in [0.717, 1.165) is 38.6 Å². The number of carbonyl (C=O) groups excluding carboxylic acids is 1. The monoisotopic (exact) mass is 643 g/mol. The summed E-state index contributed by atoms with van der Waals surface area (Å²) < 4.78 is 43.7. The quantitative estimate of drug-likeness (QED) is 0.172. The number of fused-ring (bicyclic) bond motifs is 3. The molecule has 2 N–H and O–H groups in total. The molecule has 0 saturated carbocycles. The molecule has 0 amide bonds. The molecular formula is C36H41N3O6S. The van der Waals surface area contributed by atoms with Crippen LogP contribution in [0.15, 0.2) is 66.9 Å². The SMILES string of the molecule is COCCCOC(=O)Cc1c(C)cccc1OC1CC2(CCN(S(C)(=O)=O)CC2)c2ccc(-c3ccc4ccnc(N)c4c3)cc21. The van der Waals surface area contributed by atoms with Gasteiger partial charge in [0.1, 0.15) is 17.7 Å². The number of sulfonamides is 1. The fraction of sp³-hybridized carbons (Fsp3) is 0.389. The molecular weight excluding hydrogens is 602 g/mol. The average molecular weight is 644 g/mol. The molecule has 1 atom stereocenters. The Bertz CT molecular complexity index is 1870. The summed E-state index contributed by atoms with van der Waals surface area (Å²) in [5.41, 5.74) is 12.1. The third-order valence-corrected chi connectivity index (χ3v) is 10.8. The van der Waals surface area contributed by atoms with E-state index in [0.29, 0.717) is 63.6 Å². The third-order valence-electron chi connectivity index (χ3n) is 9.54.